The molecule has 1 heterocycles. The summed E-state index contributed by atoms with van der Waals surface area (Å²) in [6.07, 6.45) is 10.4. The summed E-state index contributed by atoms with van der Waals surface area (Å²) in [6, 6.07) is 8.51. The molecule has 0 aliphatic heterocycles. The molecule has 2 aliphatic rings. The standard InChI is InChI=1S/C21H23N3O2/c1-25-19-7-6-16(10-20(19)26-17-4-2-3-5-17)21(13-22)9-8-18-15(11-21)12-23-14-24-18/h6-7,10,12,14,17H,2-5,8-9,11H2,1H3. The van der Waals surface area contributed by atoms with E-state index in [-0.39, 0.29) is 6.10 Å². The number of nitriles is 1. The summed E-state index contributed by atoms with van der Waals surface area (Å²) in [5, 5.41) is 10.1. The van der Waals surface area contributed by atoms with Crippen molar-refractivity contribution in [2.45, 2.75) is 56.5 Å². The summed E-state index contributed by atoms with van der Waals surface area (Å²) < 4.78 is 11.7. The minimum Gasteiger partial charge on any atom is -0.493 e. The zero-order valence-corrected chi connectivity index (χ0v) is 15.1. The molecule has 2 aromatic rings. The highest BCUT2D eigenvalue weighted by Crippen LogP contribution is 2.41. The van der Waals surface area contributed by atoms with Crippen LogP contribution < -0.4 is 9.47 Å². The molecule has 0 spiro atoms. The number of fused-ring (bicyclic) bond motifs is 1. The Morgan fingerprint density at radius 1 is 1.23 bits per heavy atom. The second-order valence-corrected chi connectivity index (χ2v) is 7.26. The van der Waals surface area contributed by atoms with Crippen molar-refractivity contribution in [1.82, 2.24) is 9.97 Å². The van der Waals surface area contributed by atoms with Crippen LogP contribution in [0, 0.1) is 11.3 Å². The van der Waals surface area contributed by atoms with Crippen molar-refractivity contribution >= 4 is 0 Å². The summed E-state index contributed by atoms with van der Waals surface area (Å²) in [5.74, 6) is 1.48. The molecule has 26 heavy (non-hydrogen) atoms. The van der Waals surface area contributed by atoms with Crippen LogP contribution in [0.4, 0.5) is 0 Å². The van der Waals surface area contributed by atoms with Gasteiger partial charge in [0.05, 0.1) is 24.7 Å². The molecule has 1 aromatic heterocycles. The van der Waals surface area contributed by atoms with Gasteiger partial charge in [-0.25, -0.2) is 9.97 Å². The maximum atomic E-state index is 10.1. The molecule has 0 bridgehead atoms. The molecule has 5 nitrogen and oxygen atoms in total. The van der Waals surface area contributed by atoms with Crippen LogP contribution in [-0.4, -0.2) is 23.2 Å². The third kappa shape index (κ3) is 3.01. The van der Waals surface area contributed by atoms with Crippen molar-refractivity contribution in [3.05, 3.63) is 47.5 Å². The molecule has 134 valence electrons. The van der Waals surface area contributed by atoms with Crippen molar-refractivity contribution in [2.24, 2.45) is 0 Å². The summed E-state index contributed by atoms with van der Waals surface area (Å²) in [5.41, 5.74) is 2.54. The van der Waals surface area contributed by atoms with E-state index in [2.05, 4.69) is 16.0 Å². The van der Waals surface area contributed by atoms with Crippen LogP contribution in [0.5, 0.6) is 11.5 Å². The van der Waals surface area contributed by atoms with Gasteiger partial charge in [-0.05, 0) is 68.2 Å². The predicted molar refractivity (Wildman–Crippen MR) is 97.2 cm³/mol. The molecule has 1 aromatic carbocycles. The van der Waals surface area contributed by atoms with E-state index in [1.165, 1.54) is 12.8 Å². The number of aromatic nitrogens is 2. The molecular formula is C21H23N3O2. The van der Waals surface area contributed by atoms with Crippen molar-refractivity contribution in [2.75, 3.05) is 7.11 Å². The monoisotopic (exact) mass is 349 g/mol. The van der Waals surface area contributed by atoms with Gasteiger partial charge in [-0.3, -0.25) is 0 Å². The molecule has 2 aliphatic carbocycles. The Morgan fingerprint density at radius 2 is 2.08 bits per heavy atom. The van der Waals surface area contributed by atoms with E-state index in [0.29, 0.717) is 6.42 Å². The van der Waals surface area contributed by atoms with Gasteiger partial charge in [0.2, 0.25) is 0 Å². The van der Waals surface area contributed by atoms with Gasteiger partial charge in [-0.1, -0.05) is 6.07 Å². The first-order valence-electron chi connectivity index (χ1n) is 9.28. The van der Waals surface area contributed by atoms with E-state index in [0.717, 1.165) is 54.0 Å². The maximum absolute atomic E-state index is 10.1. The second kappa shape index (κ2) is 6.95. The number of benzene rings is 1. The fourth-order valence-electron chi connectivity index (χ4n) is 4.16. The average Bonchev–Trinajstić information content (AvgIpc) is 3.20. The molecule has 1 unspecified atom stereocenters. The third-order valence-electron chi connectivity index (χ3n) is 5.69. The number of rotatable bonds is 4. The van der Waals surface area contributed by atoms with Crippen LogP contribution >= 0.6 is 0 Å². The third-order valence-corrected chi connectivity index (χ3v) is 5.69. The van der Waals surface area contributed by atoms with Gasteiger partial charge in [-0.15, -0.1) is 0 Å². The van der Waals surface area contributed by atoms with Crippen LogP contribution in [0.3, 0.4) is 0 Å². The minimum absolute atomic E-state index is 0.248. The molecule has 0 N–H and O–H groups in total. The van der Waals surface area contributed by atoms with E-state index < -0.39 is 5.41 Å². The number of nitrogens with zero attached hydrogens (tertiary/aromatic N) is 3. The maximum Gasteiger partial charge on any atom is 0.161 e. The lowest BCUT2D eigenvalue weighted by molar-refractivity contribution is 0.200. The first kappa shape index (κ1) is 16.8. The molecule has 0 radical (unpaired) electrons. The number of hydrogen-bond acceptors (Lipinski definition) is 5. The molecule has 5 heteroatoms. The number of ether oxygens (including phenoxy) is 2. The van der Waals surface area contributed by atoms with Gasteiger partial charge in [0.1, 0.15) is 6.33 Å². The fraction of sp³-hybridized carbons (Fsp3) is 0.476. The zero-order valence-electron chi connectivity index (χ0n) is 15.1. The molecule has 4 rings (SSSR count). The number of hydrogen-bond donors (Lipinski definition) is 0. The molecule has 0 saturated heterocycles. The van der Waals surface area contributed by atoms with E-state index in [1.807, 2.05) is 24.4 Å². The number of methoxy groups -OCH3 is 1. The molecule has 0 amide bonds. The smallest absolute Gasteiger partial charge is 0.161 e. The highest BCUT2D eigenvalue weighted by Gasteiger charge is 2.38. The van der Waals surface area contributed by atoms with Gasteiger partial charge < -0.3 is 9.47 Å². The van der Waals surface area contributed by atoms with Gasteiger partial charge in [0.25, 0.3) is 0 Å². The Hall–Kier alpha value is -2.61. The highest BCUT2D eigenvalue weighted by atomic mass is 16.5. The van der Waals surface area contributed by atoms with Crippen LogP contribution in [0.1, 0.15) is 48.9 Å². The lowest BCUT2D eigenvalue weighted by atomic mass is 9.70. The van der Waals surface area contributed by atoms with Crippen molar-refractivity contribution < 1.29 is 9.47 Å². The molecule has 1 fully saturated rings. The Bertz CT molecular complexity index is 839. The van der Waals surface area contributed by atoms with Crippen molar-refractivity contribution in [3.63, 3.8) is 0 Å². The Kier molecular flexibility index (Phi) is 4.50. The van der Waals surface area contributed by atoms with E-state index >= 15 is 0 Å². The predicted octanol–water partition coefficient (Wildman–Crippen LogP) is 3.76. The van der Waals surface area contributed by atoms with Crippen molar-refractivity contribution in [1.29, 1.82) is 5.26 Å². The van der Waals surface area contributed by atoms with Gasteiger partial charge in [-0.2, -0.15) is 5.26 Å². The van der Waals surface area contributed by atoms with Crippen LogP contribution in [0.15, 0.2) is 30.7 Å². The van der Waals surface area contributed by atoms with Crippen LogP contribution in [-0.2, 0) is 18.3 Å². The van der Waals surface area contributed by atoms with Gasteiger partial charge in [0, 0.05) is 11.9 Å². The lowest BCUT2D eigenvalue weighted by Crippen LogP contribution is -2.32. The van der Waals surface area contributed by atoms with E-state index in [1.54, 1.807) is 13.4 Å². The zero-order chi connectivity index (χ0) is 18.0. The molecular weight excluding hydrogens is 326 g/mol. The Morgan fingerprint density at radius 3 is 2.85 bits per heavy atom. The summed E-state index contributed by atoms with van der Waals surface area (Å²) in [7, 11) is 1.66. The first-order chi connectivity index (χ1) is 12.7. The Balaban J connectivity index is 1.68. The highest BCUT2D eigenvalue weighted by molar-refractivity contribution is 5.49. The average molecular weight is 349 g/mol. The molecule has 1 saturated carbocycles. The Labute approximate surface area is 154 Å². The van der Waals surface area contributed by atoms with E-state index in [9.17, 15) is 5.26 Å². The SMILES string of the molecule is COc1ccc(C2(C#N)CCc3ncncc3C2)cc1OC1CCCC1. The summed E-state index contributed by atoms with van der Waals surface area (Å²) in [4.78, 5) is 8.50. The quantitative estimate of drug-likeness (QED) is 0.841. The molecule has 1 atom stereocenters. The summed E-state index contributed by atoms with van der Waals surface area (Å²) >= 11 is 0. The largest absolute Gasteiger partial charge is 0.493 e. The normalized spacial score (nSPS) is 22.5. The van der Waals surface area contributed by atoms with E-state index in [4.69, 9.17) is 9.47 Å². The van der Waals surface area contributed by atoms with Crippen LogP contribution in [0.2, 0.25) is 0 Å². The van der Waals surface area contributed by atoms with Crippen molar-refractivity contribution in [3.8, 4) is 17.6 Å². The minimum atomic E-state index is -0.572. The fourth-order valence-corrected chi connectivity index (χ4v) is 4.16. The first-order valence-corrected chi connectivity index (χ1v) is 9.28. The second-order valence-electron chi connectivity index (χ2n) is 7.26. The lowest BCUT2D eigenvalue weighted by Gasteiger charge is -2.32. The van der Waals surface area contributed by atoms with Gasteiger partial charge in [0.15, 0.2) is 11.5 Å². The summed E-state index contributed by atoms with van der Waals surface area (Å²) in [6.45, 7) is 0. The van der Waals surface area contributed by atoms with Gasteiger partial charge >= 0.3 is 0 Å². The topological polar surface area (TPSA) is 68.0 Å². The number of aryl methyl sites for hydroxylation is 1. The van der Waals surface area contributed by atoms with Crippen LogP contribution in [0.25, 0.3) is 0 Å².